The van der Waals surface area contributed by atoms with Gasteiger partial charge in [0, 0.05) is 12.4 Å². The highest BCUT2D eigenvalue weighted by Crippen LogP contribution is 2.29. The minimum Gasteiger partial charge on any atom is -0.324 e. The van der Waals surface area contributed by atoms with E-state index in [-0.39, 0.29) is 17.7 Å². The molecule has 0 aliphatic heterocycles. The van der Waals surface area contributed by atoms with Crippen LogP contribution in [0.5, 0.6) is 0 Å². The molecule has 1 N–H and O–H groups in total. The zero-order valence-electron chi connectivity index (χ0n) is 12.2. The minimum atomic E-state index is -0.156. The van der Waals surface area contributed by atoms with Gasteiger partial charge >= 0.3 is 0 Å². The Labute approximate surface area is 133 Å². The van der Waals surface area contributed by atoms with Crippen molar-refractivity contribution in [2.75, 3.05) is 5.32 Å². The molecule has 0 aliphatic rings. The third-order valence-electron chi connectivity index (χ3n) is 3.68. The van der Waals surface area contributed by atoms with E-state index in [1.54, 1.807) is 18.5 Å². The third-order valence-corrected chi connectivity index (χ3v) is 4.32. The number of carbonyl (C=O) groups is 1. The Hall–Kier alpha value is -1.68. The lowest BCUT2D eigenvalue weighted by atomic mass is 9.85. The van der Waals surface area contributed by atoms with Gasteiger partial charge < -0.3 is 5.32 Å². The van der Waals surface area contributed by atoms with Crippen LogP contribution in [0, 0.1) is 5.92 Å². The van der Waals surface area contributed by atoms with E-state index in [4.69, 9.17) is 0 Å². The van der Waals surface area contributed by atoms with Crippen molar-refractivity contribution in [3.05, 3.63) is 58.8 Å². The van der Waals surface area contributed by atoms with Crippen LogP contribution in [-0.2, 0) is 4.79 Å². The molecule has 0 fully saturated rings. The minimum absolute atomic E-state index is 0.0162. The lowest BCUT2D eigenvalue weighted by Gasteiger charge is -2.23. The molecular formula is C17H19BrN2O. The second-order valence-corrected chi connectivity index (χ2v) is 5.97. The largest absolute Gasteiger partial charge is 0.324 e. The molecule has 1 amide bonds. The Balaban J connectivity index is 2.25. The average molecular weight is 347 g/mol. The van der Waals surface area contributed by atoms with Crippen LogP contribution in [0.3, 0.4) is 0 Å². The molecule has 2 aromatic rings. The normalized spacial score (nSPS) is 13.5. The summed E-state index contributed by atoms with van der Waals surface area (Å²) in [6, 6.07) is 11.7. The first-order chi connectivity index (χ1) is 10.1. The van der Waals surface area contributed by atoms with E-state index in [1.807, 2.05) is 30.3 Å². The Kier molecular flexibility index (Phi) is 5.51. The van der Waals surface area contributed by atoms with E-state index < -0.39 is 0 Å². The van der Waals surface area contributed by atoms with Gasteiger partial charge in [0.1, 0.15) is 0 Å². The van der Waals surface area contributed by atoms with Crippen molar-refractivity contribution in [3.8, 4) is 0 Å². The van der Waals surface area contributed by atoms with Crippen molar-refractivity contribution in [1.29, 1.82) is 0 Å². The first kappa shape index (κ1) is 15.7. The number of benzene rings is 1. The third kappa shape index (κ3) is 3.91. The summed E-state index contributed by atoms with van der Waals surface area (Å²) >= 11 is 3.41. The van der Waals surface area contributed by atoms with E-state index in [0.29, 0.717) is 0 Å². The van der Waals surface area contributed by atoms with Gasteiger partial charge in [-0.3, -0.25) is 9.78 Å². The molecule has 3 nitrogen and oxygen atoms in total. The van der Waals surface area contributed by atoms with Gasteiger partial charge in [0.05, 0.1) is 16.1 Å². The van der Waals surface area contributed by atoms with Crippen LogP contribution in [0.1, 0.15) is 31.7 Å². The molecule has 0 saturated heterocycles. The van der Waals surface area contributed by atoms with Crippen LogP contribution in [0.15, 0.2) is 53.3 Å². The van der Waals surface area contributed by atoms with Gasteiger partial charge in [-0.15, -0.1) is 0 Å². The lowest BCUT2D eigenvalue weighted by Crippen LogP contribution is -2.26. The van der Waals surface area contributed by atoms with Gasteiger partial charge in [-0.05, 0) is 33.5 Å². The van der Waals surface area contributed by atoms with Crippen molar-refractivity contribution in [1.82, 2.24) is 4.98 Å². The Bertz CT molecular complexity index is 601. The topological polar surface area (TPSA) is 42.0 Å². The zero-order valence-corrected chi connectivity index (χ0v) is 13.8. The average Bonchev–Trinajstić information content (AvgIpc) is 2.50. The molecule has 1 heterocycles. The van der Waals surface area contributed by atoms with Crippen LogP contribution >= 0.6 is 15.9 Å². The van der Waals surface area contributed by atoms with Crippen molar-refractivity contribution in [3.63, 3.8) is 0 Å². The van der Waals surface area contributed by atoms with Crippen molar-refractivity contribution in [2.45, 2.75) is 26.2 Å². The quantitative estimate of drug-likeness (QED) is 0.858. The fraction of sp³-hybridized carbons (Fsp3) is 0.294. The molecule has 1 aromatic heterocycles. The van der Waals surface area contributed by atoms with Gasteiger partial charge in [0.15, 0.2) is 0 Å². The molecule has 0 aliphatic carbocycles. The molecule has 0 saturated carbocycles. The highest BCUT2D eigenvalue weighted by atomic mass is 79.9. The van der Waals surface area contributed by atoms with Gasteiger partial charge in [0.2, 0.25) is 5.91 Å². The number of nitrogens with zero attached hydrogens (tertiary/aromatic N) is 1. The predicted molar refractivity (Wildman–Crippen MR) is 89.2 cm³/mol. The molecule has 0 bridgehead atoms. The highest BCUT2D eigenvalue weighted by Gasteiger charge is 2.26. The summed E-state index contributed by atoms with van der Waals surface area (Å²) < 4.78 is 0.786. The summed E-state index contributed by atoms with van der Waals surface area (Å²) in [6.45, 7) is 4.22. The van der Waals surface area contributed by atoms with Crippen LogP contribution in [0.4, 0.5) is 5.69 Å². The van der Waals surface area contributed by atoms with Crippen molar-refractivity contribution < 1.29 is 4.79 Å². The number of amides is 1. The molecule has 2 rings (SSSR count). The van der Waals surface area contributed by atoms with Crippen molar-refractivity contribution >= 4 is 27.5 Å². The van der Waals surface area contributed by atoms with Gasteiger partial charge in [-0.25, -0.2) is 0 Å². The number of nitrogens with one attached hydrogen (secondary N) is 1. The monoisotopic (exact) mass is 346 g/mol. The summed E-state index contributed by atoms with van der Waals surface area (Å²) in [4.78, 5) is 16.7. The first-order valence-electron chi connectivity index (χ1n) is 7.08. The van der Waals surface area contributed by atoms with E-state index in [2.05, 4.69) is 40.1 Å². The predicted octanol–water partition coefficient (Wildman–Crippen LogP) is 4.61. The standard InChI is InChI=1S/C17H19BrN2O/c1-3-12(2)16(13-7-5-4-6-8-13)17(21)20-15-9-10-19-11-14(15)18/h4-12,16H,3H2,1-2H3,(H,19,20,21). The maximum Gasteiger partial charge on any atom is 0.232 e. The zero-order chi connectivity index (χ0) is 15.2. The molecule has 4 heteroatoms. The second-order valence-electron chi connectivity index (χ2n) is 5.12. The number of hydrogen-bond acceptors (Lipinski definition) is 2. The van der Waals surface area contributed by atoms with Crippen molar-refractivity contribution in [2.24, 2.45) is 5.92 Å². The Morgan fingerprint density at radius 2 is 2.00 bits per heavy atom. The molecule has 2 unspecified atom stereocenters. The lowest BCUT2D eigenvalue weighted by molar-refractivity contribution is -0.118. The SMILES string of the molecule is CCC(C)C(C(=O)Nc1ccncc1Br)c1ccccc1. The number of halogens is 1. The van der Waals surface area contributed by atoms with Crippen LogP contribution < -0.4 is 5.32 Å². The Morgan fingerprint density at radius 3 is 2.62 bits per heavy atom. The summed E-state index contributed by atoms with van der Waals surface area (Å²) in [5, 5.41) is 3.00. The van der Waals surface area contributed by atoms with Gasteiger partial charge in [-0.1, -0.05) is 50.6 Å². The molecule has 1 aromatic carbocycles. The number of rotatable bonds is 5. The summed E-state index contributed by atoms with van der Waals surface area (Å²) in [7, 11) is 0. The van der Waals surface area contributed by atoms with Gasteiger partial charge in [0.25, 0.3) is 0 Å². The van der Waals surface area contributed by atoms with Crippen LogP contribution in [-0.4, -0.2) is 10.9 Å². The fourth-order valence-corrected chi connectivity index (χ4v) is 2.67. The molecular weight excluding hydrogens is 328 g/mol. The summed E-state index contributed by atoms with van der Waals surface area (Å²) in [5.41, 5.74) is 1.80. The second kappa shape index (κ2) is 7.36. The number of carbonyl (C=O) groups excluding carboxylic acids is 1. The molecule has 2 atom stereocenters. The highest BCUT2D eigenvalue weighted by molar-refractivity contribution is 9.10. The smallest absolute Gasteiger partial charge is 0.232 e. The van der Waals surface area contributed by atoms with Crippen LogP contribution in [0.2, 0.25) is 0 Å². The molecule has 110 valence electrons. The van der Waals surface area contributed by atoms with E-state index in [9.17, 15) is 4.79 Å². The number of anilines is 1. The molecule has 21 heavy (non-hydrogen) atoms. The summed E-state index contributed by atoms with van der Waals surface area (Å²) in [6.07, 6.45) is 4.29. The van der Waals surface area contributed by atoms with E-state index in [1.165, 1.54) is 0 Å². The Morgan fingerprint density at radius 1 is 1.29 bits per heavy atom. The van der Waals surface area contributed by atoms with E-state index >= 15 is 0 Å². The maximum absolute atomic E-state index is 12.7. The van der Waals surface area contributed by atoms with E-state index in [0.717, 1.165) is 22.1 Å². The number of hydrogen-bond donors (Lipinski definition) is 1. The number of aromatic nitrogens is 1. The van der Waals surface area contributed by atoms with Crippen LogP contribution in [0.25, 0.3) is 0 Å². The first-order valence-corrected chi connectivity index (χ1v) is 7.88. The number of pyridine rings is 1. The molecule has 0 spiro atoms. The summed E-state index contributed by atoms with van der Waals surface area (Å²) in [5.74, 6) is 0.131. The maximum atomic E-state index is 12.7. The van der Waals surface area contributed by atoms with Gasteiger partial charge in [-0.2, -0.15) is 0 Å². The molecule has 0 radical (unpaired) electrons. The fourth-order valence-electron chi connectivity index (χ4n) is 2.32.